The molecular weight excluding hydrogens is 616 g/mol. The predicted molar refractivity (Wildman–Crippen MR) is 193 cm³/mol. The van der Waals surface area contributed by atoms with Gasteiger partial charge in [-0.1, -0.05) is 95.9 Å². The second-order valence-corrected chi connectivity index (χ2v) is 16.7. The third-order valence-corrected chi connectivity index (χ3v) is 13.1. The molecule has 3 saturated carbocycles. The van der Waals surface area contributed by atoms with Crippen LogP contribution in [0.5, 0.6) is 0 Å². The summed E-state index contributed by atoms with van der Waals surface area (Å²) in [4.78, 5) is 34.0. The lowest BCUT2D eigenvalue weighted by Crippen LogP contribution is -2.50. The summed E-state index contributed by atoms with van der Waals surface area (Å²) in [5.74, 6) is 2.95. The van der Waals surface area contributed by atoms with Gasteiger partial charge in [-0.05, 0) is 103 Å². The van der Waals surface area contributed by atoms with Crippen LogP contribution in [-0.4, -0.2) is 53.4 Å². The van der Waals surface area contributed by atoms with E-state index in [9.17, 15) is 19.5 Å². The molecule has 0 radical (unpaired) electrons. The van der Waals surface area contributed by atoms with Crippen molar-refractivity contribution in [1.82, 2.24) is 5.32 Å². The van der Waals surface area contributed by atoms with Gasteiger partial charge in [-0.15, -0.1) is 0 Å². The number of fused-ring (bicyclic) bond motifs is 5. The lowest BCUT2D eigenvalue weighted by atomic mass is 9.47. The van der Waals surface area contributed by atoms with E-state index in [4.69, 9.17) is 10.8 Å². The van der Waals surface area contributed by atoms with Crippen molar-refractivity contribution in [2.75, 3.05) is 7.11 Å². The summed E-state index contributed by atoms with van der Waals surface area (Å²) in [5, 5.41) is 21.2. The van der Waals surface area contributed by atoms with Crippen molar-refractivity contribution < 1.29 is 29.3 Å². The number of aliphatic carboxylic acids is 1. The number of carboxylic acid groups (broad SMARTS) is 1. The van der Waals surface area contributed by atoms with E-state index >= 15 is 0 Å². The van der Waals surface area contributed by atoms with Gasteiger partial charge in [-0.25, -0.2) is 4.79 Å². The van der Waals surface area contributed by atoms with Gasteiger partial charge in [0.1, 0.15) is 6.04 Å². The molecule has 0 spiro atoms. The van der Waals surface area contributed by atoms with Crippen LogP contribution >= 0.6 is 0 Å². The van der Waals surface area contributed by atoms with Gasteiger partial charge in [0.05, 0.1) is 25.7 Å². The van der Waals surface area contributed by atoms with Crippen molar-refractivity contribution >= 4 is 17.8 Å². The maximum atomic E-state index is 11.8. The van der Waals surface area contributed by atoms with E-state index in [-0.39, 0.29) is 12.5 Å². The predicted octanol–water partition coefficient (Wildman–Crippen LogP) is 7.08. The summed E-state index contributed by atoms with van der Waals surface area (Å²) in [6, 6.07) is 6.93. The number of carbonyl (C=O) groups is 3. The van der Waals surface area contributed by atoms with Crippen molar-refractivity contribution in [2.24, 2.45) is 52.1 Å². The van der Waals surface area contributed by atoms with E-state index < -0.39 is 36.4 Å². The molecule has 0 aromatic heterocycles. The number of nitrogens with one attached hydrogen (secondary N) is 1. The molecule has 10 atom stereocenters. The number of carbonyl (C=O) groups excluding carboxylic acids is 2. The lowest BCUT2D eigenvalue weighted by Gasteiger charge is -2.58. The summed E-state index contributed by atoms with van der Waals surface area (Å²) in [5.41, 5.74) is 8.89. The molecule has 1 aromatic rings. The van der Waals surface area contributed by atoms with E-state index in [1.807, 2.05) is 18.2 Å². The molecule has 274 valence electrons. The third-order valence-electron chi connectivity index (χ3n) is 13.1. The van der Waals surface area contributed by atoms with Crippen LogP contribution in [0, 0.1) is 46.3 Å². The Labute approximate surface area is 295 Å². The SMILES string of the molecule is CC(C)CCC[C@@H](C)[C@H]1CC[C@H]2[C@@H]3CC=C4C[C@@H](O)CC[C@]4(C)[C@H]3CC[C@]12C.COC(=O)[C@H](Cc1ccccc1)NC(=O)[C@@H](N)CC(=O)O. The Morgan fingerprint density at radius 2 is 1.71 bits per heavy atom. The fourth-order valence-corrected chi connectivity index (χ4v) is 10.4. The largest absolute Gasteiger partial charge is 0.481 e. The Kier molecular flexibility index (Phi) is 13.6. The molecule has 8 heteroatoms. The number of carboxylic acids is 1. The van der Waals surface area contributed by atoms with Gasteiger partial charge in [0, 0.05) is 6.42 Å². The average Bonchev–Trinajstić information content (AvgIpc) is 3.42. The number of methoxy groups -OCH3 is 1. The highest BCUT2D eigenvalue weighted by Crippen LogP contribution is 2.67. The van der Waals surface area contributed by atoms with Crippen LogP contribution < -0.4 is 11.1 Å². The summed E-state index contributed by atoms with van der Waals surface area (Å²) >= 11 is 0. The number of benzene rings is 1. The Morgan fingerprint density at radius 3 is 2.37 bits per heavy atom. The maximum Gasteiger partial charge on any atom is 0.328 e. The van der Waals surface area contributed by atoms with Crippen molar-refractivity contribution in [2.45, 2.75) is 136 Å². The number of amides is 1. The Hall–Kier alpha value is -2.71. The summed E-state index contributed by atoms with van der Waals surface area (Å²) in [7, 11) is 1.21. The summed E-state index contributed by atoms with van der Waals surface area (Å²) in [6.45, 7) is 12.6. The highest BCUT2D eigenvalue weighted by atomic mass is 16.5. The van der Waals surface area contributed by atoms with Crippen LogP contribution in [0.4, 0.5) is 0 Å². The van der Waals surface area contributed by atoms with Crippen LogP contribution in [-0.2, 0) is 25.5 Å². The first kappa shape index (κ1) is 39.1. The zero-order valence-electron chi connectivity index (χ0n) is 31.0. The van der Waals surface area contributed by atoms with Crippen LogP contribution in [0.2, 0.25) is 0 Å². The van der Waals surface area contributed by atoms with E-state index in [1.165, 1.54) is 64.9 Å². The maximum absolute atomic E-state index is 11.8. The smallest absolute Gasteiger partial charge is 0.328 e. The van der Waals surface area contributed by atoms with Gasteiger partial charge in [0.2, 0.25) is 5.91 Å². The number of ether oxygens (including phenoxy) is 1. The van der Waals surface area contributed by atoms with Crippen molar-refractivity contribution in [3.05, 3.63) is 47.5 Å². The first-order valence-corrected chi connectivity index (χ1v) is 19.0. The zero-order chi connectivity index (χ0) is 35.9. The minimum atomic E-state index is -1.22. The van der Waals surface area contributed by atoms with E-state index in [2.05, 4.69) is 50.7 Å². The third kappa shape index (κ3) is 9.35. The average molecular weight is 681 g/mol. The number of allylic oxidation sites excluding steroid dienone is 1. The highest BCUT2D eigenvalue weighted by molar-refractivity contribution is 5.89. The molecule has 0 bridgehead atoms. The normalized spacial score (nSPS) is 32.2. The molecule has 5 N–H and O–H groups in total. The second-order valence-electron chi connectivity index (χ2n) is 16.7. The van der Waals surface area contributed by atoms with Crippen molar-refractivity contribution in [3.63, 3.8) is 0 Å². The molecule has 1 amide bonds. The van der Waals surface area contributed by atoms with Gasteiger partial charge in [0.25, 0.3) is 0 Å². The van der Waals surface area contributed by atoms with Gasteiger partial charge >= 0.3 is 11.9 Å². The molecule has 5 rings (SSSR count). The number of nitrogens with two attached hydrogens (primary N) is 1. The van der Waals surface area contributed by atoms with Crippen LogP contribution in [0.1, 0.15) is 117 Å². The van der Waals surface area contributed by atoms with Gasteiger partial charge < -0.3 is 26.0 Å². The number of aliphatic hydroxyl groups is 1. The molecule has 3 fully saturated rings. The molecule has 0 aliphatic heterocycles. The fraction of sp³-hybridized carbons (Fsp3) is 0.732. The molecule has 0 unspecified atom stereocenters. The Bertz CT molecular complexity index is 1300. The van der Waals surface area contributed by atoms with Gasteiger partial charge in [0.15, 0.2) is 0 Å². The van der Waals surface area contributed by atoms with Crippen LogP contribution in [0.3, 0.4) is 0 Å². The molecule has 49 heavy (non-hydrogen) atoms. The number of rotatable bonds is 12. The molecule has 4 aliphatic rings. The van der Waals surface area contributed by atoms with E-state index in [0.717, 1.165) is 53.9 Å². The quantitative estimate of drug-likeness (QED) is 0.137. The monoisotopic (exact) mass is 680 g/mol. The first-order valence-electron chi connectivity index (χ1n) is 19.0. The molecule has 8 nitrogen and oxygen atoms in total. The summed E-state index contributed by atoms with van der Waals surface area (Å²) < 4.78 is 4.64. The summed E-state index contributed by atoms with van der Waals surface area (Å²) in [6.07, 6.45) is 16.9. The van der Waals surface area contributed by atoms with Crippen molar-refractivity contribution in [1.29, 1.82) is 0 Å². The van der Waals surface area contributed by atoms with Gasteiger partial charge in [-0.2, -0.15) is 0 Å². The Balaban J connectivity index is 0.000000232. The lowest BCUT2D eigenvalue weighted by molar-refractivity contribution is -0.145. The fourth-order valence-electron chi connectivity index (χ4n) is 10.4. The van der Waals surface area contributed by atoms with Gasteiger partial charge in [-0.3, -0.25) is 9.59 Å². The van der Waals surface area contributed by atoms with Crippen molar-refractivity contribution in [3.8, 4) is 0 Å². The number of hydrogen-bond donors (Lipinski definition) is 4. The Morgan fingerprint density at radius 1 is 1.00 bits per heavy atom. The molecule has 0 saturated heterocycles. The number of aliphatic hydroxyl groups excluding tert-OH is 1. The molecule has 0 heterocycles. The highest BCUT2D eigenvalue weighted by Gasteiger charge is 2.59. The molecular formula is C41H64N2O6. The minimum Gasteiger partial charge on any atom is -0.481 e. The molecule has 4 aliphatic carbocycles. The minimum absolute atomic E-state index is 0.0766. The van der Waals surface area contributed by atoms with E-state index in [0.29, 0.717) is 10.8 Å². The van der Waals surface area contributed by atoms with Crippen LogP contribution in [0.15, 0.2) is 42.0 Å². The van der Waals surface area contributed by atoms with Crippen LogP contribution in [0.25, 0.3) is 0 Å². The first-order chi connectivity index (χ1) is 23.2. The number of esters is 1. The second kappa shape index (κ2) is 17.0. The topological polar surface area (TPSA) is 139 Å². The standard InChI is InChI=1S/C27H46O.C14H18N2O5/c1-18(2)7-6-8-19(3)23-11-12-24-22-10-9-20-17-21(28)13-15-26(20,4)25(22)14-16-27(23,24)5;1-21-14(20)11(7-9-5-3-2-4-6-9)16-13(19)10(15)8-12(17)18/h9,18-19,21-25,28H,6-8,10-17H2,1-5H3;2-6,10-11H,7-8,15H2,1H3,(H,16,19)(H,17,18)/t19-,21+,22+,23-,24+,25+,26+,27-;10-,11-/m10/s1. The number of hydrogen-bond acceptors (Lipinski definition) is 6. The zero-order valence-corrected chi connectivity index (χ0v) is 31.0. The molecule has 1 aromatic carbocycles. The van der Waals surface area contributed by atoms with E-state index in [1.54, 1.807) is 17.7 Å².